The van der Waals surface area contributed by atoms with Gasteiger partial charge >= 0.3 is 0 Å². The van der Waals surface area contributed by atoms with E-state index in [0.717, 1.165) is 24.3 Å². The summed E-state index contributed by atoms with van der Waals surface area (Å²) in [4.78, 5) is 4.56. The van der Waals surface area contributed by atoms with Crippen LogP contribution in [0.15, 0.2) is 30.3 Å². The molecule has 2 nitrogen and oxygen atoms in total. The van der Waals surface area contributed by atoms with Crippen LogP contribution in [-0.2, 0) is 0 Å². The molecule has 2 heteroatoms. The molecule has 2 aromatic rings. The fourth-order valence-electron chi connectivity index (χ4n) is 1.66. The summed E-state index contributed by atoms with van der Waals surface area (Å²) in [6.45, 7) is 9.24. The maximum Gasteiger partial charge on any atom is 0.126 e. The molecule has 1 aromatic carbocycles. The maximum absolute atomic E-state index is 4.56. The zero-order valence-electron chi connectivity index (χ0n) is 11.2. The molecule has 1 N–H and O–H groups in total. The Hall–Kier alpha value is -1.57. The van der Waals surface area contributed by atoms with Gasteiger partial charge in [-0.1, -0.05) is 32.9 Å². The van der Waals surface area contributed by atoms with Gasteiger partial charge in [-0.3, -0.25) is 0 Å². The zero-order valence-corrected chi connectivity index (χ0v) is 11.2. The molecule has 0 aliphatic rings. The lowest BCUT2D eigenvalue weighted by molar-refractivity contribution is 0.971. The third kappa shape index (κ3) is 3.45. The van der Waals surface area contributed by atoms with E-state index in [-0.39, 0.29) is 0 Å². The monoisotopic (exact) mass is 230 g/mol. The number of aromatic nitrogens is 1. The first-order valence-corrected chi connectivity index (χ1v) is 6.41. The molecule has 0 saturated heterocycles. The molecule has 2 rings (SSSR count). The number of pyridine rings is 1. The van der Waals surface area contributed by atoms with Crippen molar-refractivity contribution in [2.75, 3.05) is 11.9 Å². The van der Waals surface area contributed by atoms with Gasteiger partial charge in [0.1, 0.15) is 5.82 Å². The summed E-state index contributed by atoms with van der Waals surface area (Å²) < 4.78 is 0. The van der Waals surface area contributed by atoms with Crippen molar-refractivity contribution in [1.29, 1.82) is 0 Å². The third-order valence-corrected chi connectivity index (χ3v) is 2.51. The topological polar surface area (TPSA) is 24.9 Å². The molecule has 0 atom stereocenters. The van der Waals surface area contributed by atoms with E-state index in [9.17, 15) is 0 Å². The number of anilines is 1. The molecule has 1 aromatic heterocycles. The summed E-state index contributed by atoms with van der Waals surface area (Å²) in [5.74, 6) is 0.968. The highest BCUT2D eigenvalue weighted by Gasteiger charge is 1.99. The van der Waals surface area contributed by atoms with Gasteiger partial charge in [0.25, 0.3) is 0 Å². The Balaban J connectivity index is 0.000000686. The van der Waals surface area contributed by atoms with Crippen LogP contribution >= 0.6 is 0 Å². The van der Waals surface area contributed by atoms with Gasteiger partial charge < -0.3 is 5.32 Å². The number of hydrogen-bond donors (Lipinski definition) is 1. The van der Waals surface area contributed by atoms with Crippen molar-refractivity contribution < 1.29 is 0 Å². The van der Waals surface area contributed by atoms with E-state index in [1.807, 2.05) is 26.0 Å². The van der Waals surface area contributed by atoms with E-state index in [1.54, 1.807) is 0 Å². The minimum Gasteiger partial charge on any atom is -0.370 e. The molecule has 0 aliphatic carbocycles. The van der Waals surface area contributed by atoms with Crippen molar-refractivity contribution >= 4 is 16.7 Å². The number of hydrogen-bond acceptors (Lipinski definition) is 2. The highest BCUT2D eigenvalue weighted by molar-refractivity contribution is 5.83. The highest BCUT2D eigenvalue weighted by Crippen LogP contribution is 2.18. The maximum atomic E-state index is 4.56. The Labute approximate surface area is 104 Å². The Kier molecular flexibility index (Phi) is 5.47. The molecule has 0 fully saturated rings. The summed E-state index contributed by atoms with van der Waals surface area (Å²) in [5.41, 5.74) is 2.35. The fraction of sp³-hybridized carbons (Fsp3) is 0.400. The minimum atomic E-state index is 0.968. The molecule has 0 saturated carbocycles. The predicted octanol–water partition coefficient (Wildman–Crippen LogP) is 4.39. The van der Waals surface area contributed by atoms with E-state index < -0.39 is 0 Å². The molecule has 17 heavy (non-hydrogen) atoms. The lowest BCUT2D eigenvalue weighted by Crippen LogP contribution is -2.01. The number of rotatable bonds is 3. The standard InChI is InChI=1S/C13H16N2.C2H6/c1-3-9-14-13-8-7-11-10(2)5-4-6-12(11)15-13;1-2/h4-8H,3,9H2,1-2H3,(H,14,15);1-2H3. The van der Waals surface area contributed by atoms with Crippen LogP contribution in [0.1, 0.15) is 32.8 Å². The van der Waals surface area contributed by atoms with Crippen LogP contribution in [0.25, 0.3) is 10.9 Å². The quantitative estimate of drug-likeness (QED) is 0.845. The minimum absolute atomic E-state index is 0.968. The summed E-state index contributed by atoms with van der Waals surface area (Å²) in [6, 6.07) is 10.4. The molecular weight excluding hydrogens is 208 g/mol. The van der Waals surface area contributed by atoms with Gasteiger partial charge in [0.15, 0.2) is 0 Å². The van der Waals surface area contributed by atoms with E-state index in [2.05, 4.69) is 42.3 Å². The van der Waals surface area contributed by atoms with Crippen LogP contribution in [0.4, 0.5) is 5.82 Å². The van der Waals surface area contributed by atoms with Crippen LogP contribution in [0, 0.1) is 6.92 Å². The molecule has 1 heterocycles. The van der Waals surface area contributed by atoms with Gasteiger partial charge in [0, 0.05) is 11.9 Å². The van der Waals surface area contributed by atoms with Crippen LogP contribution in [0.3, 0.4) is 0 Å². The molecule has 0 radical (unpaired) electrons. The lowest BCUT2D eigenvalue weighted by atomic mass is 10.1. The van der Waals surface area contributed by atoms with Gasteiger partial charge in [0.2, 0.25) is 0 Å². The first kappa shape index (κ1) is 13.5. The smallest absolute Gasteiger partial charge is 0.126 e. The van der Waals surface area contributed by atoms with Crippen molar-refractivity contribution in [2.45, 2.75) is 34.1 Å². The molecule has 0 bridgehead atoms. The highest BCUT2D eigenvalue weighted by atomic mass is 15.0. The average Bonchev–Trinajstić information content (AvgIpc) is 2.39. The number of nitrogens with zero attached hydrogens (tertiary/aromatic N) is 1. The van der Waals surface area contributed by atoms with Gasteiger partial charge in [-0.2, -0.15) is 0 Å². The number of fused-ring (bicyclic) bond motifs is 1. The molecule has 0 unspecified atom stereocenters. The average molecular weight is 230 g/mol. The number of benzene rings is 1. The lowest BCUT2D eigenvalue weighted by Gasteiger charge is -2.06. The molecular formula is C15H22N2. The molecule has 0 aliphatic heterocycles. The second kappa shape index (κ2) is 6.89. The van der Waals surface area contributed by atoms with E-state index in [1.165, 1.54) is 10.9 Å². The van der Waals surface area contributed by atoms with Crippen molar-refractivity contribution in [3.8, 4) is 0 Å². The Morgan fingerprint density at radius 1 is 1.12 bits per heavy atom. The molecule has 0 spiro atoms. The first-order chi connectivity index (χ1) is 8.31. The largest absolute Gasteiger partial charge is 0.370 e. The van der Waals surface area contributed by atoms with E-state index in [4.69, 9.17) is 0 Å². The van der Waals surface area contributed by atoms with Crippen molar-refractivity contribution in [3.63, 3.8) is 0 Å². The molecule has 92 valence electrons. The third-order valence-electron chi connectivity index (χ3n) is 2.51. The zero-order chi connectivity index (χ0) is 12.7. The molecule has 0 amide bonds. The van der Waals surface area contributed by atoms with Gasteiger partial charge in [-0.25, -0.2) is 4.98 Å². The van der Waals surface area contributed by atoms with Gasteiger partial charge in [-0.15, -0.1) is 0 Å². The Morgan fingerprint density at radius 2 is 1.88 bits per heavy atom. The first-order valence-electron chi connectivity index (χ1n) is 6.41. The van der Waals surface area contributed by atoms with Crippen LogP contribution < -0.4 is 5.32 Å². The summed E-state index contributed by atoms with van der Waals surface area (Å²) in [7, 11) is 0. The van der Waals surface area contributed by atoms with Crippen LogP contribution in [0.2, 0.25) is 0 Å². The predicted molar refractivity (Wildman–Crippen MR) is 76.6 cm³/mol. The SMILES string of the molecule is CC.CCCNc1ccc2c(C)cccc2n1. The second-order valence-electron chi connectivity index (χ2n) is 3.76. The summed E-state index contributed by atoms with van der Waals surface area (Å²) in [6.07, 6.45) is 1.12. The van der Waals surface area contributed by atoms with Crippen molar-refractivity contribution in [2.24, 2.45) is 0 Å². The fourth-order valence-corrected chi connectivity index (χ4v) is 1.66. The van der Waals surface area contributed by atoms with Crippen LogP contribution in [-0.4, -0.2) is 11.5 Å². The van der Waals surface area contributed by atoms with E-state index >= 15 is 0 Å². The number of nitrogens with one attached hydrogen (secondary N) is 1. The normalized spacial score (nSPS) is 9.65. The Bertz CT molecular complexity index is 463. The van der Waals surface area contributed by atoms with Crippen LogP contribution in [0.5, 0.6) is 0 Å². The van der Waals surface area contributed by atoms with Crippen molar-refractivity contribution in [1.82, 2.24) is 4.98 Å². The summed E-state index contributed by atoms with van der Waals surface area (Å²) in [5, 5.41) is 4.53. The van der Waals surface area contributed by atoms with Gasteiger partial charge in [-0.05, 0) is 37.1 Å². The Morgan fingerprint density at radius 3 is 2.59 bits per heavy atom. The second-order valence-corrected chi connectivity index (χ2v) is 3.76. The summed E-state index contributed by atoms with van der Waals surface area (Å²) >= 11 is 0. The van der Waals surface area contributed by atoms with Gasteiger partial charge in [0.05, 0.1) is 5.52 Å². The number of aryl methyl sites for hydroxylation is 1. The van der Waals surface area contributed by atoms with E-state index in [0.29, 0.717) is 0 Å². The van der Waals surface area contributed by atoms with Crippen molar-refractivity contribution in [3.05, 3.63) is 35.9 Å².